The Morgan fingerprint density at radius 1 is 1.44 bits per heavy atom. The normalized spacial score (nSPS) is 31.2. The average Bonchev–Trinajstić information content (AvgIpc) is 3.41. The van der Waals surface area contributed by atoms with Crippen LogP contribution in [0.4, 0.5) is 0 Å². The molecule has 2 aromatic rings. The summed E-state index contributed by atoms with van der Waals surface area (Å²) in [6.45, 7) is 5.87. The van der Waals surface area contributed by atoms with E-state index < -0.39 is 0 Å². The molecule has 0 radical (unpaired) electrons. The summed E-state index contributed by atoms with van der Waals surface area (Å²) >= 11 is 5.08. The number of halogens is 1. The maximum atomic E-state index is 13.2. The summed E-state index contributed by atoms with van der Waals surface area (Å²) < 4.78 is 7.67. The highest BCUT2D eigenvalue weighted by atomic mass is 79.9. The van der Waals surface area contributed by atoms with E-state index in [-0.39, 0.29) is 29.2 Å². The maximum absolute atomic E-state index is 13.2. The molecule has 6 rings (SSSR count). The molecule has 3 heterocycles. The predicted octanol–water partition coefficient (Wildman–Crippen LogP) is 4.98. The SMILES string of the molecule is C=CCN1CC[C@]23c4c5ccc(O)c4O[C@H]2[C@H](N(C)C(=O)/C=C/c2cc(Br)cs2)CC[C@H]3[C@H]1C5. The smallest absolute Gasteiger partial charge is 0.246 e. The van der Waals surface area contributed by atoms with E-state index in [9.17, 15) is 9.90 Å². The van der Waals surface area contributed by atoms with Crippen molar-refractivity contribution in [2.45, 2.75) is 49.3 Å². The van der Waals surface area contributed by atoms with Gasteiger partial charge >= 0.3 is 0 Å². The number of thiophene rings is 1. The van der Waals surface area contributed by atoms with Crippen molar-refractivity contribution in [3.05, 3.63) is 62.8 Å². The van der Waals surface area contributed by atoms with Gasteiger partial charge in [0.1, 0.15) is 6.10 Å². The Morgan fingerprint density at radius 3 is 3.06 bits per heavy atom. The van der Waals surface area contributed by atoms with Crippen molar-refractivity contribution >= 4 is 39.2 Å². The molecule has 34 heavy (non-hydrogen) atoms. The van der Waals surface area contributed by atoms with Crippen LogP contribution in [-0.4, -0.2) is 59.1 Å². The highest BCUT2D eigenvalue weighted by molar-refractivity contribution is 9.10. The van der Waals surface area contributed by atoms with Crippen LogP contribution < -0.4 is 4.74 Å². The standard InChI is InChI=1S/C27H29BrN2O3S/c1-3-11-30-12-10-27-19-6-7-20(29(2)23(32)9-5-18-14-17(28)15-34-18)26(27)33-25-22(31)8-4-16(24(25)27)13-21(19)30/h3-5,8-9,14-15,19-21,26,31H,1,6-7,10-13H2,2H3/b9-5+/t19-,20+,21+,26-,27-/m0/s1. The number of aromatic hydroxyl groups is 1. The van der Waals surface area contributed by atoms with Gasteiger partial charge in [0.15, 0.2) is 11.5 Å². The van der Waals surface area contributed by atoms with E-state index in [2.05, 4.69) is 33.5 Å². The van der Waals surface area contributed by atoms with Crippen molar-refractivity contribution in [3.63, 3.8) is 0 Å². The van der Waals surface area contributed by atoms with Crippen molar-refractivity contribution in [2.24, 2.45) is 5.92 Å². The second-order valence-corrected chi connectivity index (χ2v) is 11.9. The Balaban J connectivity index is 1.36. The molecule has 1 aromatic heterocycles. The molecule has 4 aliphatic rings. The first-order chi connectivity index (χ1) is 16.4. The number of rotatable bonds is 5. The second-order valence-electron chi connectivity index (χ2n) is 10.0. The number of hydrogen-bond donors (Lipinski definition) is 1. The summed E-state index contributed by atoms with van der Waals surface area (Å²) in [5.74, 6) is 1.34. The Morgan fingerprint density at radius 2 is 2.29 bits per heavy atom. The number of nitrogens with zero attached hydrogens (tertiary/aromatic N) is 2. The van der Waals surface area contributed by atoms with Crippen LogP contribution in [0.15, 0.2) is 46.8 Å². The van der Waals surface area contributed by atoms with E-state index in [1.165, 1.54) is 11.1 Å². The zero-order chi connectivity index (χ0) is 23.6. The Hall–Kier alpha value is -2.09. The first-order valence-corrected chi connectivity index (χ1v) is 13.7. The van der Waals surface area contributed by atoms with Crippen LogP contribution in [0.5, 0.6) is 11.5 Å². The molecule has 5 nitrogen and oxygen atoms in total. The van der Waals surface area contributed by atoms with Gasteiger partial charge in [0, 0.05) is 51.4 Å². The van der Waals surface area contributed by atoms with Crippen LogP contribution in [0.25, 0.3) is 6.08 Å². The van der Waals surface area contributed by atoms with E-state index in [0.717, 1.165) is 48.1 Å². The van der Waals surface area contributed by atoms with Crippen LogP contribution in [-0.2, 0) is 16.6 Å². The van der Waals surface area contributed by atoms with Crippen LogP contribution in [0.2, 0.25) is 0 Å². The van der Waals surface area contributed by atoms with Crippen molar-refractivity contribution in [1.29, 1.82) is 0 Å². The zero-order valence-corrected chi connectivity index (χ0v) is 21.6. The summed E-state index contributed by atoms with van der Waals surface area (Å²) in [7, 11) is 1.90. The quantitative estimate of drug-likeness (QED) is 0.429. The van der Waals surface area contributed by atoms with Gasteiger partial charge in [0.2, 0.25) is 5.91 Å². The molecule has 1 saturated carbocycles. The maximum Gasteiger partial charge on any atom is 0.246 e. The minimum atomic E-state index is -0.149. The molecule has 5 atom stereocenters. The Bertz CT molecular complexity index is 1190. The minimum absolute atomic E-state index is 0.00942. The van der Waals surface area contributed by atoms with Crippen LogP contribution in [0.3, 0.4) is 0 Å². The Kier molecular flexibility index (Phi) is 5.43. The predicted molar refractivity (Wildman–Crippen MR) is 138 cm³/mol. The fourth-order valence-electron chi connectivity index (χ4n) is 7.24. The van der Waals surface area contributed by atoms with E-state index in [1.807, 2.05) is 35.5 Å². The number of amides is 1. The van der Waals surface area contributed by atoms with Crippen LogP contribution >= 0.6 is 27.3 Å². The van der Waals surface area contributed by atoms with Gasteiger partial charge in [-0.05, 0) is 77.8 Å². The molecular weight excluding hydrogens is 512 g/mol. The number of piperidine rings is 1. The Labute approximate surface area is 212 Å². The fourth-order valence-corrected chi connectivity index (χ4v) is 8.57. The summed E-state index contributed by atoms with van der Waals surface area (Å²) in [4.78, 5) is 18.7. The molecule has 1 N–H and O–H groups in total. The van der Waals surface area contributed by atoms with Crippen LogP contribution in [0.1, 0.15) is 35.3 Å². The summed E-state index contributed by atoms with van der Waals surface area (Å²) in [6.07, 6.45) is 9.34. The molecule has 2 bridgehead atoms. The number of carbonyl (C=O) groups excluding carboxylic acids is 1. The van der Waals surface area contributed by atoms with Gasteiger partial charge in [-0.15, -0.1) is 17.9 Å². The monoisotopic (exact) mass is 540 g/mol. The third-order valence-corrected chi connectivity index (χ3v) is 10.2. The molecular formula is C27H29BrN2O3S. The third-order valence-electron chi connectivity index (χ3n) is 8.59. The third kappa shape index (κ3) is 3.16. The van der Waals surface area contributed by atoms with Gasteiger partial charge in [-0.3, -0.25) is 9.69 Å². The zero-order valence-electron chi connectivity index (χ0n) is 19.2. The van der Waals surface area contributed by atoms with Gasteiger partial charge in [-0.1, -0.05) is 12.1 Å². The number of phenolic OH excluding ortho intramolecular Hbond substituents is 1. The molecule has 1 saturated heterocycles. The van der Waals surface area contributed by atoms with Crippen LogP contribution in [0, 0.1) is 5.92 Å². The van der Waals surface area contributed by atoms with E-state index in [4.69, 9.17) is 4.74 Å². The van der Waals surface area contributed by atoms with Crippen molar-refractivity contribution in [3.8, 4) is 11.5 Å². The fraction of sp³-hybridized carbons (Fsp3) is 0.444. The van der Waals surface area contributed by atoms with E-state index >= 15 is 0 Å². The number of likely N-dealkylation sites (N-methyl/N-ethyl adjacent to an activating group) is 1. The lowest BCUT2D eigenvalue weighted by Crippen LogP contribution is -2.68. The first-order valence-electron chi connectivity index (χ1n) is 12.0. The van der Waals surface area contributed by atoms with Crippen molar-refractivity contribution in [1.82, 2.24) is 9.80 Å². The summed E-state index contributed by atoms with van der Waals surface area (Å²) in [5, 5.41) is 12.8. The van der Waals surface area contributed by atoms with Gasteiger partial charge in [-0.25, -0.2) is 0 Å². The first kappa shape index (κ1) is 22.4. The molecule has 1 spiro atoms. The molecule has 7 heteroatoms. The highest BCUT2D eigenvalue weighted by Gasteiger charge is 2.66. The van der Waals surface area contributed by atoms with Gasteiger partial charge in [0.05, 0.1) is 6.04 Å². The minimum Gasteiger partial charge on any atom is -0.504 e. The highest BCUT2D eigenvalue weighted by Crippen LogP contribution is 2.64. The number of ether oxygens (including phenoxy) is 1. The second kappa shape index (κ2) is 8.25. The number of likely N-dealkylation sites (tertiary alicyclic amines) is 1. The van der Waals surface area contributed by atoms with Gasteiger partial charge < -0.3 is 14.7 Å². The molecule has 1 amide bonds. The molecule has 2 aliphatic carbocycles. The largest absolute Gasteiger partial charge is 0.504 e. The van der Waals surface area contributed by atoms with E-state index in [0.29, 0.717) is 17.7 Å². The van der Waals surface area contributed by atoms with Gasteiger partial charge in [-0.2, -0.15) is 0 Å². The summed E-state index contributed by atoms with van der Waals surface area (Å²) in [6, 6.07) is 6.29. The average molecular weight is 542 g/mol. The van der Waals surface area contributed by atoms with Crippen molar-refractivity contribution < 1.29 is 14.6 Å². The molecule has 0 unspecified atom stereocenters. The number of hydrogen-bond acceptors (Lipinski definition) is 5. The lowest BCUT2D eigenvalue weighted by molar-refractivity contribution is -0.135. The number of benzene rings is 1. The summed E-state index contributed by atoms with van der Waals surface area (Å²) in [5.41, 5.74) is 2.37. The lowest BCUT2D eigenvalue weighted by atomic mass is 9.51. The molecule has 2 aliphatic heterocycles. The van der Waals surface area contributed by atoms with Gasteiger partial charge in [0.25, 0.3) is 0 Å². The molecule has 2 fully saturated rings. The lowest BCUT2D eigenvalue weighted by Gasteiger charge is -2.60. The topological polar surface area (TPSA) is 53.0 Å². The molecule has 1 aromatic carbocycles. The molecule has 178 valence electrons. The van der Waals surface area contributed by atoms with Crippen molar-refractivity contribution in [2.75, 3.05) is 20.1 Å². The number of carbonyl (C=O) groups is 1. The van der Waals surface area contributed by atoms with E-state index in [1.54, 1.807) is 23.5 Å². The number of phenols is 1.